The van der Waals surface area contributed by atoms with Crippen LogP contribution < -0.4 is 10.2 Å². The molecule has 1 saturated heterocycles. The minimum Gasteiger partial charge on any atom is -0.356 e. The van der Waals surface area contributed by atoms with Crippen molar-refractivity contribution in [1.29, 1.82) is 0 Å². The van der Waals surface area contributed by atoms with Crippen LogP contribution in [0.4, 0.5) is 5.69 Å². The van der Waals surface area contributed by atoms with Crippen molar-refractivity contribution in [1.82, 2.24) is 20.0 Å². The summed E-state index contributed by atoms with van der Waals surface area (Å²) in [6, 6.07) is 0. The van der Waals surface area contributed by atoms with Crippen LogP contribution in [0, 0.1) is 5.41 Å². The zero-order valence-corrected chi connectivity index (χ0v) is 15.7. The molecule has 7 nitrogen and oxygen atoms in total. The normalized spacial score (nSPS) is 21.1. The largest absolute Gasteiger partial charge is 0.356 e. The number of carbonyl (C=O) groups excluding carboxylic acids is 1. The lowest BCUT2D eigenvalue weighted by molar-refractivity contribution is -0.120. The molecule has 1 aliphatic carbocycles. The van der Waals surface area contributed by atoms with Gasteiger partial charge in [-0.25, -0.2) is 0 Å². The van der Waals surface area contributed by atoms with Gasteiger partial charge in [0, 0.05) is 39.9 Å². The first-order valence-electron chi connectivity index (χ1n) is 9.31. The van der Waals surface area contributed by atoms with Gasteiger partial charge in [-0.05, 0) is 24.7 Å². The van der Waals surface area contributed by atoms with E-state index in [1.165, 1.54) is 32.1 Å². The summed E-state index contributed by atoms with van der Waals surface area (Å²) in [6.45, 7) is 5.02. The Bertz CT molecular complexity index is 631. The van der Waals surface area contributed by atoms with E-state index >= 15 is 0 Å². The Morgan fingerprint density at radius 2 is 2.12 bits per heavy atom. The zero-order valence-electron chi connectivity index (χ0n) is 15.7. The van der Waals surface area contributed by atoms with Gasteiger partial charge < -0.3 is 15.1 Å². The summed E-state index contributed by atoms with van der Waals surface area (Å²) in [6.07, 6.45) is 10.1. The van der Waals surface area contributed by atoms with Crippen molar-refractivity contribution < 1.29 is 4.79 Å². The summed E-state index contributed by atoms with van der Waals surface area (Å²) in [5, 5.41) is 7.70. The first-order chi connectivity index (χ1) is 12.1. The maximum atomic E-state index is 12.6. The van der Waals surface area contributed by atoms with Crippen molar-refractivity contribution in [3.63, 3.8) is 0 Å². The van der Waals surface area contributed by atoms with Crippen molar-refractivity contribution in [3.05, 3.63) is 12.4 Å². The van der Waals surface area contributed by atoms with E-state index in [1.807, 2.05) is 13.2 Å². The van der Waals surface area contributed by atoms with E-state index in [4.69, 9.17) is 0 Å². The van der Waals surface area contributed by atoms with E-state index in [2.05, 4.69) is 27.2 Å². The molecule has 1 amide bonds. The quantitative estimate of drug-likeness (QED) is 0.664. The van der Waals surface area contributed by atoms with Crippen LogP contribution in [0.15, 0.2) is 17.4 Å². The molecule has 1 aromatic heterocycles. The van der Waals surface area contributed by atoms with Crippen molar-refractivity contribution in [3.8, 4) is 0 Å². The molecule has 0 unspecified atom stereocenters. The number of anilines is 1. The van der Waals surface area contributed by atoms with Gasteiger partial charge in [0.1, 0.15) is 6.54 Å². The Labute approximate surface area is 150 Å². The lowest BCUT2D eigenvalue weighted by atomic mass is 9.83. The van der Waals surface area contributed by atoms with E-state index in [0.29, 0.717) is 18.5 Å². The molecule has 2 heterocycles. The second-order valence-electron chi connectivity index (χ2n) is 7.30. The SMILES string of the molecule is CCC1(CNC(=NC)N2CCN(c3cnn(C)c3)C(=O)C2)CCCC1. The molecular formula is C18H30N6O. The highest BCUT2D eigenvalue weighted by molar-refractivity contribution is 5.98. The second-order valence-corrected chi connectivity index (χ2v) is 7.30. The number of amides is 1. The fourth-order valence-electron chi connectivity index (χ4n) is 4.05. The highest BCUT2D eigenvalue weighted by atomic mass is 16.2. The summed E-state index contributed by atoms with van der Waals surface area (Å²) in [4.78, 5) is 20.9. The van der Waals surface area contributed by atoms with Crippen molar-refractivity contribution in [2.45, 2.75) is 39.0 Å². The molecule has 0 spiro atoms. The first kappa shape index (κ1) is 17.8. The molecule has 0 aromatic carbocycles. The number of aryl methyl sites for hydroxylation is 1. The van der Waals surface area contributed by atoms with Gasteiger partial charge in [0.15, 0.2) is 5.96 Å². The molecule has 1 aromatic rings. The Balaban J connectivity index is 1.59. The Morgan fingerprint density at radius 3 is 2.68 bits per heavy atom. The molecule has 0 bridgehead atoms. The highest BCUT2D eigenvalue weighted by Crippen LogP contribution is 2.40. The predicted octanol–water partition coefficient (Wildman–Crippen LogP) is 1.61. The molecule has 1 saturated carbocycles. The highest BCUT2D eigenvalue weighted by Gasteiger charge is 2.33. The third-order valence-electron chi connectivity index (χ3n) is 5.77. The van der Waals surface area contributed by atoms with Gasteiger partial charge in [-0.15, -0.1) is 0 Å². The van der Waals surface area contributed by atoms with Crippen LogP contribution in [0.2, 0.25) is 0 Å². The topological polar surface area (TPSA) is 65.8 Å². The van der Waals surface area contributed by atoms with Gasteiger partial charge >= 0.3 is 0 Å². The van der Waals surface area contributed by atoms with Crippen molar-refractivity contribution in [2.75, 3.05) is 38.1 Å². The van der Waals surface area contributed by atoms with E-state index in [9.17, 15) is 4.79 Å². The van der Waals surface area contributed by atoms with E-state index in [1.54, 1.807) is 22.8 Å². The second kappa shape index (κ2) is 7.45. The number of aromatic nitrogens is 2. The average molecular weight is 346 g/mol. The lowest BCUT2D eigenvalue weighted by Crippen LogP contribution is -2.56. The number of piperazine rings is 1. The van der Waals surface area contributed by atoms with Gasteiger partial charge in [0.25, 0.3) is 0 Å². The van der Waals surface area contributed by atoms with Crippen LogP contribution in [0.5, 0.6) is 0 Å². The summed E-state index contributed by atoms with van der Waals surface area (Å²) in [5.41, 5.74) is 1.27. The predicted molar refractivity (Wildman–Crippen MR) is 99.7 cm³/mol. The molecule has 3 rings (SSSR count). The van der Waals surface area contributed by atoms with Crippen LogP contribution >= 0.6 is 0 Å². The molecule has 7 heteroatoms. The van der Waals surface area contributed by atoms with Gasteiger partial charge in [0.05, 0.1) is 11.9 Å². The maximum absolute atomic E-state index is 12.6. The van der Waals surface area contributed by atoms with E-state index < -0.39 is 0 Å². The van der Waals surface area contributed by atoms with Gasteiger partial charge in [-0.1, -0.05) is 19.8 Å². The zero-order chi connectivity index (χ0) is 17.9. The Hall–Kier alpha value is -2.05. The molecule has 2 aliphatic rings. The maximum Gasteiger partial charge on any atom is 0.246 e. The molecule has 0 radical (unpaired) electrons. The van der Waals surface area contributed by atoms with Crippen LogP contribution in [-0.4, -0.2) is 59.8 Å². The van der Waals surface area contributed by atoms with Gasteiger partial charge in [0.2, 0.25) is 5.91 Å². The fourth-order valence-corrected chi connectivity index (χ4v) is 4.05. The number of nitrogens with zero attached hydrogens (tertiary/aromatic N) is 5. The van der Waals surface area contributed by atoms with Crippen LogP contribution in [0.3, 0.4) is 0 Å². The van der Waals surface area contributed by atoms with Crippen molar-refractivity contribution >= 4 is 17.6 Å². The molecule has 2 fully saturated rings. The summed E-state index contributed by atoms with van der Waals surface area (Å²) >= 11 is 0. The first-order valence-corrected chi connectivity index (χ1v) is 9.31. The summed E-state index contributed by atoms with van der Waals surface area (Å²) in [7, 11) is 3.66. The molecular weight excluding hydrogens is 316 g/mol. The smallest absolute Gasteiger partial charge is 0.246 e. The Morgan fingerprint density at radius 1 is 1.36 bits per heavy atom. The lowest BCUT2D eigenvalue weighted by Gasteiger charge is -2.37. The van der Waals surface area contributed by atoms with Crippen LogP contribution in [-0.2, 0) is 11.8 Å². The molecule has 0 atom stereocenters. The van der Waals surface area contributed by atoms with Crippen LogP contribution in [0.25, 0.3) is 0 Å². The van der Waals surface area contributed by atoms with E-state index in [0.717, 1.165) is 24.7 Å². The fraction of sp³-hybridized carbons (Fsp3) is 0.722. The molecule has 138 valence electrons. The molecule has 1 aliphatic heterocycles. The van der Waals surface area contributed by atoms with Gasteiger partial charge in [-0.2, -0.15) is 5.10 Å². The molecule has 25 heavy (non-hydrogen) atoms. The number of nitrogens with one attached hydrogen (secondary N) is 1. The summed E-state index contributed by atoms with van der Waals surface area (Å²) < 4.78 is 1.72. The van der Waals surface area contributed by atoms with Gasteiger partial charge in [-0.3, -0.25) is 14.5 Å². The summed E-state index contributed by atoms with van der Waals surface area (Å²) in [5.74, 6) is 0.937. The van der Waals surface area contributed by atoms with Crippen LogP contribution in [0.1, 0.15) is 39.0 Å². The molecule has 1 N–H and O–H groups in total. The third-order valence-corrected chi connectivity index (χ3v) is 5.77. The number of aliphatic imine (C=N–C) groups is 1. The number of hydrogen-bond acceptors (Lipinski definition) is 3. The number of hydrogen-bond donors (Lipinski definition) is 1. The number of rotatable bonds is 4. The standard InChI is InChI=1S/C18H30N6O/c1-4-18(7-5-6-8-18)14-20-17(19-2)23-9-10-24(16(25)13-23)15-11-21-22(3)12-15/h11-12H,4-10,13-14H2,1-3H3,(H,19,20). The van der Waals surface area contributed by atoms with E-state index in [-0.39, 0.29) is 5.91 Å². The number of guanidine groups is 1. The third kappa shape index (κ3) is 3.80. The van der Waals surface area contributed by atoms with Crippen molar-refractivity contribution in [2.24, 2.45) is 17.5 Å². The minimum absolute atomic E-state index is 0.0910. The monoisotopic (exact) mass is 346 g/mol. The average Bonchev–Trinajstić information content (AvgIpc) is 3.25. The number of carbonyl (C=O) groups is 1. The minimum atomic E-state index is 0.0910. The Kier molecular flexibility index (Phi) is 5.30.